The Kier molecular flexibility index (Phi) is 5.30. The third kappa shape index (κ3) is 4.36. The summed E-state index contributed by atoms with van der Waals surface area (Å²) in [7, 11) is 1.60. The van der Waals surface area contributed by atoms with Crippen molar-refractivity contribution in [3.05, 3.63) is 54.1 Å². The van der Waals surface area contributed by atoms with Crippen molar-refractivity contribution >= 4 is 23.4 Å². The molecule has 1 N–H and O–H groups in total. The molecule has 1 heterocycles. The number of methoxy groups -OCH3 is 1. The molecule has 0 aliphatic rings. The molecule has 8 heteroatoms. The van der Waals surface area contributed by atoms with Gasteiger partial charge in [-0.15, -0.1) is 5.10 Å². The highest BCUT2D eigenvalue weighted by molar-refractivity contribution is 7.99. The molecule has 25 heavy (non-hydrogen) atoms. The summed E-state index contributed by atoms with van der Waals surface area (Å²) >= 11 is 1.27. The number of carbonyl (C=O) groups excluding carboxylic acids is 1. The molecule has 2 aromatic carbocycles. The molecule has 0 bridgehead atoms. The van der Waals surface area contributed by atoms with E-state index >= 15 is 0 Å². The van der Waals surface area contributed by atoms with Crippen molar-refractivity contribution in [3.8, 4) is 11.4 Å². The first kappa shape index (κ1) is 17.0. The van der Waals surface area contributed by atoms with Crippen LogP contribution in [0.4, 0.5) is 5.69 Å². The largest absolute Gasteiger partial charge is 0.497 e. The standard InChI is InChI=1S/C17H17N5O2S/c1-12-5-3-6-13(9-12)18-16(23)11-25-17-19-20-21-22(17)14-7-4-8-15(10-14)24-2/h3-10H,11H2,1-2H3,(H,18,23). The van der Waals surface area contributed by atoms with Gasteiger partial charge in [-0.1, -0.05) is 30.0 Å². The number of hydrogen-bond acceptors (Lipinski definition) is 6. The second-order valence-electron chi connectivity index (χ2n) is 5.28. The van der Waals surface area contributed by atoms with Gasteiger partial charge in [-0.25, -0.2) is 0 Å². The van der Waals surface area contributed by atoms with Gasteiger partial charge in [0.1, 0.15) is 5.75 Å². The van der Waals surface area contributed by atoms with Gasteiger partial charge >= 0.3 is 0 Å². The number of tetrazole rings is 1. The highest BCUT2D eigenvalue weighted by Crippen LogP contribution is 2.21. The Morgan fingerprint density at radius 2 is 2.08 bits per heavy atom. The van der Waals surface area contributed by atoms with Gasteiger partial charge in [0, 0.05) is 11.8 Å². The topological polar surface area (TPSA) is 81.9 Å². The minimum absolute atomic E-state index is 0.115. The lowest BCUT2D eigenvalue weighted by Crippen LogP contribution is -2.14. The van der Waals surface area contributed by atoms with Crippen LogP contribution in [0.25, 0.3) is 5.69 Å². The predicted octanol–water partition coefficient (Wildman–Crippen LogP) is 2.71. The van der Waals surface area contributed by atoms with Crippen LogP contribution in [0, 0.1) is 6.92 Å². The predicted molar refractivity (Wildman–Crippen MR) is 96.2 cm³/mol. The number of amides is 1. The average molecular weight is 355 g/mol. The molecule has 0 aliphatic carbocycles. The van der Waals surface area contributed by atoms with Gasteiger partial charge < -0.3 is 10.1 Å². The molecule has 0 fully saturated rings. The zero-order chi connectivity index (χ0) is 17.6. The first-order valence-electron chi connectivity index (χ1n) is 7.58. The Hall–Kier alpha value is -2.87. The molecular weight excluding hydrogens is 338 g/mol. The fraction of sp³-hybridized carbons (Fsp3) is 0.176. The molecule has 0 atom stereocenters. The van der Waals surface area contributed by atoms with Crippen LogP contribution < -0.4 is 10.1 Å². The number of benzene rings is 2. The SMILES string of the molecule is COc1cccc(-n2nnnc2SCC(=O)Nc2cccc(C)c2)c1. The highest BCUT2D eigenvalue weighted by atomic mass is 32.2. The Morgan fingerprint density at radius 3 is 2.88 bits per heavy atom. The van der Waals surface area contributed by atoms with Crippen molar-refractivity contribution in [2.24, 2.45) is 0 Å². The van der Waals surface area contributed by atoms with Gasteiger partial charge in [-0.3, -0.25) is 4.79 Å². The van der Waals surface area contributed by atoms with Gasteiger partial charge in [0.05, 0.1) is 18.6 Å². The summed E-state index contributed by atoms with van der Waals surface area (Å²) < 4.78 is 6.79. The number of ether oxygens (including phenoxy) is 1. The normalized spacial score (nSPS) is 10.5. The summed E-state index contributed by atoms with van der Waals surface area (Å²) in [6, 6.07) is 15.1. The summed E-state index contributed by atoms with van der Waals surface area (Å²) in [5, 5.41) is 15.1. The quantitative estimate of drug-likeness (QED) is 0.685. The first-order chi connectivity index (χ1) is 12.2. The molecule has 0 saturated heterocycles. The number of aryl methyl sites for hydroxylation is 1. The van der Waals surface area contributed by atoms with Gasteiger partial charge in [-0.2, -0.15) is 4.68 Å². The number of carbonyl (C=O) groups is 1. The van der Waals surface area contributed by atoms with E-state index in [9.17, 15) is 4.79 Å². The number of anilines is 1. The molecule has 0 saturated carbocycles. The van der Waals surface area contributed by atoms with Crippen LogP contribution >= 0.6 is 11.8 Å². The van der Waals surface area contributed by atoms with Crippen LogP contribution in [0.3, 0.4) is 0 Å². The van der Waals surface area contributed by atoms with Gasteiger partial charge in [0.25, 0.3) is 0 Å². The maximum Gasteiger partial charge on any atom is 0.234 e. The third-order valence-electron chi connectivity index (χ3n) is 3.37. The second kappa shape index (κ2) is 7.80. The van der Waals surface area contributed by atoms with E-state index in [1.54, 1.807) is 11.8 Å². The maximum atomic E-state index is 12.1. The Bertz CT molecular complexity index is 881. The fourth-order valence-corrected chi connectivity index (χ4v) is 2.91. The van der Waals surface area contributed by atoms with Crippen LogP contribution in [0.1, 0.15) is 5.56 Å². The van der Waals surface area contributed by atoms with E-state index in [-0.39, 0.29) is 11.7 Å². The zero-order valence-electron chi connectivity index (χ0n) is 13.8. The van der Waals surface area contributed by atoms with E-state index in [2.05, 4.69) is 20.8 Å². The van der Waals surface area contributed by atoms with E-state index in [0.717, 1.165) is 16.9 Å². The van der Waals surface area contributed by atoms with Crippen molar-refractivity contribution in [2.75, 3.05) is 18.2 Å². The van der Waals surface area contributed by atoms with Crippen LogP contribution in [0.2, 0.25) is 0 Å². The summed E-state index contributed by atoms with van der Waals surface area (Å²) in [4.78, 5) is 12.1. The molecule has 0 spiro atoms. The number of aromatic nitrogens is 4. The fourth-order valence-electron chi connectivity index (χ4n) is 2.22. The lowest BCUT2D eigenvalue weighted by Gasteiger charge is -2.07. The monoisotopic (exact) mass is 355 g/mol. The number of thioether (sulfide) groups is 1. The Labute approximate surface area is 149 Å². The molecule has 0 unspecified atom stereocenters. The summed E-state index contributed by atoms with van der Waals surface area (Å²) in [5.41, 5.74) is 2.64. The number of nitrogens with zero attached hydrogens (tertiary/aromatic N) is 4. The molecule has 7 nitrogen and oxygen atoms in total. The summed E-state index contributed by atoms with van der Waals surface area (Å²) in [5.74, 6) is 0.801. The van der Waals surface area contributed by atoms with Crippen molar-refractivity contribution in [1.82, 2.24) is 20.2 Å². The lowest BCUT2D eigenvalue weighted by molar-refractivity contribution is -0.113. The molecule has 0 aliphatic heterocycles. The van der Waals surface area contributed by atoms with E-state index in [1.165, 1.54) is 11.8 Å². The van der Waals surface area contributed by atoms with Gasteiger partial charge in [-0.05, 0) is 47.2 Å². The van der Waals surface area contributed by atoms with Crippen molar-refractivity contribution < 1.29 is 9.53 Å². The van der Waals surface area contributed by atoms with Crippen molar-refractivity contribution in [1.29, 1.82) is 0 Å². The minimum Gasteiger partial charge on any atom is -0.497 e. The van der Waals surface area contributed by atoms with Gasteiger partial charge in [0.2, 0.25) is 11.1 Å². The average Bonchev–Trinajstić information content (AvgIpc) is 3.08. The van der Waals surface area contributed by atoms with Crippen LogP contribution in [-0.4, -0.2) is 39.0 Å². The minimum atomic E-state index is -0.115. The molecule has 0 radical (unpaired) electrons. The number of rotatable bonds is 6. The molecule has 1 aromatic heterocycles. The molecular formula is C17H17N5O2S. The Morgan fingerprint density at radius 1 is 1.24 bits per heavy atom. The molecule has 3 rings (SSSR count). The highest BCUT2D eigenvalue weighted by Gasteiger charge is 2.12. The second-order valence-corrected chi connectivity index (χ2v) is 6.22. The van der Waals surface area contributed by atoms with Gasteiger partial charge in [0.15, 0.2) is 0 Å². The molecule has 1 amide bonds. The van der Waals surface area contributed by atoms with E-state index in [1.807, 2.05) is 55.5 Å². The van der Waals surface area contributed by atoms with Crippen LogP contribution in [-0.2, 0) is 4.79 Å². The smallest absolute Gasteiger partial charge is 0.234 e. The van der Waals surface area contributed by atoms with Crippen molar-refractivity contribution in [2.45, 2.75) is 12.1 Å². The Balaban J connectivity index is 1.66. The molecule has 3 aromatic rings. The first-order valence-corrected chi connectivity index (χ1v) is 8.56. The van der Waals surface area contributed by atoms with E-state index in [0.29, 0.717) is 10.9 Å². The van der Waals surface area contributed by atoms with E-state index in [4.69, 9.17) is 4.74 Å². The van der Waals surface area contributed by atoms with Crippen LogP contribution in [0.15, 0.2) is 53.7 Å². The number of hydrogen-bond donors (Lipinski definition) is 1. The van der Waals surface area contributed by atoms with Crippen molar-refractivity contribution in [3.63, 3.8) is 0 Å². The molecule has 128 valence electrons. The summed E-state index contributed by atoms with van der Waals surface area (Å²) in [6.07, 6.45) is 0. The van der Waals surface area contributed by atoms with E-state index < -0.39 is 0 Å². The zero-order valence-corrected chi connectivity index (χ0v) is 14.7. The lowest BCUT2D eigenvalue weighted by atomic mass is 10.2. The maximum absolute atomic E-state index is 12.1. The number of nitrogens with one attached hydrogen (secondary N) is 1. The third-order valence-corrected chi connectivity index (χ3v) is 4.29. The summed E-state index contributed by atoms with van der Waals surface area (Å²) in [6.45, 7) is 1.98. The van der Waals surface area contributed by atoms with Crippen LogP contribution in [0.5, 0.6) is 5.75 Å².